The smallest absolute Gasteiger partial charge is 0.187 e. The number of para-hydroxylation sites is 2. The summed E-state index contributed by atoms with van der Waals surface area (Å²) in [5.41, 5.74) is 4.39. The third-order valence-electron chi connectivity index (χ3n) is 3.73. The van der Waals surface area contributed by atoms with Gasteiger partial charge in [0.05, 0.1) is 18.5 Å². The minimum Gasteiger partial charge on any atom is -0.495 e. The van der Waals surface area contributed by atoms with Gasteiger partial charge in [-0.05, 0) is 23.6 Å². The van der Waals surface area contributed by atoms with E-state index in [1.807, 2.05) is 24.3 Å². The topological polar surface area (TPSA) is 34.1 Å². The normalized spacial score (nSPS) is 10.8. The van der Waals surface area contributed by atoms with Gasteiger partial charge in [0.2, 0.25) is 0 Å². The molecule has 0 fully saturated rings. The van der Waals surface area contributed by atoms with Gasteiger partial charge in [-0.2, -0.15) is 0 Å². The first kappa shape index (κ1) is 15.6. The summed E-state index contributed by atoms with van der Waals surface area (Å²) in [6, 6.07) is 16.5. The molecule has 0 saturated heterocycles. The third-order valence-corrected chi connectivity index (χ3v) is 4.48. The molecule has 3 rings (SSSR count). The summed E-state index contributed by atoms with van der Waals surface area (Å²) in [5, 5.41) is 6.26. The van der Waals surface area contributed by atoms with Gasteiger partial charge in [-0.1, -0.05) is 50.2 Å². The van der Waals surface area contributed by atoms with Crippen molar-refractivity contribution in [3.8, 4) is 17.0 Å². The van der Waals surface area contributed by atoms with Crippen LogP contribution in [0.5, 0.6) is 5.75 Å². The fourth-order valence-electron chi connectivity index (χ4n) is 2.37. The summed E-state index contributed by atoms with van der Waals surface area (Å²) < 4.78 is 5.36. The van der Waals surface area contributed by atoms with Gasteiger partial charge in [0.15, 0.2) is 5.13 Å². The predicted octanol–water partition coefficient (Wildman–Crippen LogP) is 5.69. The van der Waals surface area contributed by atoms with Crippen LogP contribution in [0.15, 0.2) is 53.9 Å². The molecule has 0 spiro atoms. The molecule has 0 bridgehead atoms. The monoisotopic (exact) mass is 324 g/mol. The van der Waals surface area contributed by atoms with Gasteiger partial charge in [0.25, 0.3) is 0 Å². The molecule has 0 aliphatic rings. The lowest BCUT2D eigenvalue weighted by atomic mass is 10.0. The first-order valence-corrected chi connectivity index (χ1v) is 8.51. The summed E-state index contributed by atoms with van der Waals surface area (Å²) in [7, 11) is 1.67. The summed E-state index contributed by atoms with van der Waals surface area (Å²) in [6.45, 7) is 4.40. The lowest BCUT2D eigenvalue weighted by Crippen LogP contribution is -1.93. The predicted molar refractivity (Wildman–Crippen MR) is 97.9 cm³/mol. The minimum atomic E-state index is 0.544. The van der Waals surface area contributed by atoms with E-state index in [0.29, 0.717) is 5.92 Å². The molecule has 2 aromatic carbocycles. The number of nitrogens with zero attached hydrogens (tertiary/aromatic N) is 1. The lowest BCUT2D eigenvalue weighted by molar-refractivity contribution is 0.417. The van der Waals surface area contributed by atoms with Crippen LogP contribution in [0.2, 0.25) is 0 Å². The minimum absolute atomic E-state index is 0.544. The van der Waals surface area contributed by atoms with Crippen molar-refractivity contribution in [2.24, 2.45) is 0 Å². The van der Waals surface area contributed by atoms with Crippen LogP contribution in [0, 0.1) is 0 Å². The maximum Gasteiger partial charge on any atom is 0.187 e. The Hall–Kier alpha value is -2.33. The van der Waals surface area contributed by atoms with Crippen LogP contribution >= 0.6 is 11.3 Å². The molecule has 0 unspecified atom stereocenters. The average Bonchev–Trinajstić information content (AvgIpc) is 3.04. The second-order valence-corrected chi connectivity index (χ2v) is 6.50. The number of ether oxygens (including phenoxy) is 1. The first-order valence-electron chi connectivity index (χ1n) is 7.63. The molecule has 3 aromatic rings. The number of thiazole rings is 1. The van der Waals surface area contributed by atoms with Crippen LogP contribution in [0.4, 0.5) is 10.8 Å². The van der Waals surface area contributed by atoms with Crippen molar-refractivity contribution in [3.05, 3.63) is 59.5 Å². The molecular weight excluding hydrogens is 304 g/mol. The molecule has 0 aliphatic carbocycles. The zero-order valence-corrected chi connectivity index (χ0v) is 14.4. The number of hydrogen-bond acceptors (Lipinski definition) is 4. The van der Waals surface area contributed by atoms with Crippen molar-refractivity contribution >= 4 is 22.2 Å². The van der Waals surface area contributed by atoms with Gasteiger partial charge < -0.3 is 10.1 Å². The zero-order valence-electron chi connectivity index (χ0n) is 13.5. The molecule has 3 nitrogen and oxygen atoms in total. The molecule has 23 heavy (non-hydrogen) atoms. The van der Waals surface area contributed by atoms with Crippen LogP contribution in [0.25, 0.3) is 11.3 Å². The molecule has 1 aromatic heterocycles. The Morgan fingerprint density at radius 1 is 1.04 bits per heavy atom. The van der Waals surface area contributed by atoms with E-state index in [1.54, 1.807) is 18.4 Å². The fourth-order valence-corrected chi connectivity index (χ4v) is 3.10. The zero-order chi connectivity index (χ0) is 16.2. The number of benzene rings is 2. The second kappa shape index (κ2) is 6.84. The quantitative estimate of drug-likeness (QED) is 0.655. The SMILES string of the molecule is COc1ccccc1Nc1nc(-c2ccc(C(C)C)cc2)cs1. The highest BCUT2D eigenvalue weighted by molar-refractivity contribution is 7.14. The van der Waals surface area contributed by atoms with Crippen molar-refractivity contribution in [2.75, 3.05) is 12.4 Å². The number of anilines is 2. The Balaban J connectivity index is 1.80. The summed E-state index contributed by atoms with van der Waals surface area (Å²) in [4.78, 5) is 4.68. The highest BCUT2D eigenvalue weighted by Gasteiger charge is 2.08. The van der Waals surface area contributed by atoms with Gasteiger partial charge in [0, 0.05) is 10.9 Å². The van der Waals surface area contributed by atoms with E-state index in [1.165, 1.54) is 5.56 Å². The third kappa shape index (κ3) is 3.54. The number of hydrogen-bond donors (Lipinski definition) is 1. The van der Waals surface area contributed by atoms with Crippen LogP contribution < -0.4 is 10.1 Å². The summed E-state index contributed by atoms with van der Waals surface area (Å²) >= 11 is 1.59. The first-order chi connectivity index (χ1) is 11.2. The molecule has 0 aliphatic heterocycles. The van der Waals surface area contributed by atoms with Gasteiger partial charge in [-0.3, -0.25) is 0 Å². The van der Waals surface area contributed by atoms with Crippen molar-refractivity contribution in [1.82, 2.24) is 4.98 Å². The van der Waals surface area contributed by atoms with E-state index in [9.17, 15) is 0 Å². The molecule has 1 N–H and O–H groups in total. The molecule has 1 heterocycles. The Labute approximate surface area is 141 Å². The fraction of sp³-hybridized carbons (Fsp3) is 0.211. The van der Waals surface area contributed by atoms with Crippen molar-refractivity contribution in [2.45, 2.75) is 19.8 Å². The van der Waals surface area contributed by atoms with Crippen molar-refractivity contribution in [3.63, 3.8) is 0 Å². The standard InChI is InChI=1S/C19H20N2OS/c1-13(2)14-8-10-15(11-9-14)17-12-23-19(21-17)20-16-6-4-5-7-18(16)22-3/h4-13H,1-3H3,(H,20,21). The molecular formula is C19H20N2OS. The van der Waals surface area contributed by atoms with Crippen molar-refractivity contribution < 1.29 is 4.74 Å². The molecule has 0 radical (unpaired) electrons. The Morgan fingerprint density at radius 2 is 1.78 bits per heavy atom. The van der Waals surface area contributed by atoms with E-state index in [4.69, 9.17) is 4.74 Å². The maximum absolute atomic E-state index is 5.36. The van der Waals surface area contributed by atoms with E-state index < -0.39 is 0 Å². The Kier molecular flexibility index (Phi) is 4.63. The Morgan fingerprint density at radius 3 is 2.48 bits per heavy atom. The summed E-state index contributed by atoms with van der Waals surface area (Å²) in [5.74, 6) is 1.35. The van der Waals surface area contributed by atoms with Crippen LogP contribution in [-0.2, 0) is 0 Å². The highest BCUT2D eigenvalue weighted by Crippen LogP contribution is 2.31. The van der Waals surface area contributed by atoms with E-state index in [0.717, 1.165) is 27.8 Å². The van der Waals surface area contributed by atoms with Gasteiger partial charge >= 0.3 is 0 Å². The number of nitrogens with one attached hydrogen (secondary N) is 1. The molecule has 4 heteroatoms. The van der Waals surface area contributed by atoms with Crippen molar-refractivity contribution in [1.29, 1.82) is 0 Å². The average molecular weight is 324 g/mol. The lowest BCUT2D eigenvalue weighted by Gasteiger charge is -2.08. The molecule has 0 amide bonds. The van der Waals surface area contributed by atoms with E-state index in [-0.39, 0.29) is 0 Å². The van der Waals surface area contributed by atoms with Gasteiger partial charge in [-0.25, -0.2) is 4.98 Å². The van der Waals surface area contributed by atoms with Gasteiger partial charge in [-0.15, -0.1) is 11.3 Å². The Bertz CT molecular complexity index is 778. The maximum atomic E-state index is 5.36. The van der Waals surface area contributed by atoms with Gasteiger partial charge in [0.1, 0.15) is 5.75 Å². The molecule has 118 valence electrons. The number of aromatic nitrogens is 1. The van der Waals surface area contributed by atoms with E-state index >= 15 is 0 Å². The number of rotatable bonds is 5. The van der Waals surface area contributed by atoms with Crippen LogP contribution in [-0.4, -0.2) is 12.1 Å². The van der Waals surface area contributed by atoms with Crippen LogP contribution in [0.1, 0.15) is 25.3 Å². The summed E-state index contributed by atoms with van der Waals surface area (Å²) in [6.07, 6.45) is 0. The number of methoxy groups -OCH3 is 1. The van der Waals surface area contributed by atoms with Crippen LogP contribution in [0.3, 0.4) is 0 Å². The molecule has 0 saturated carbocycles. The van der Waals surface area contributed by atoms with E-state index in [2.05, 4.69) is 53.8 Å². The molecule has 0 atom stereocenters. The highest BCUT2D eigenvalue weighted by atomic mass is 32.1. The second-order valence-electron chi connectivity index (χ2n) is 5.64. The largest absolute Gasteiger partial charge is 0.495 e.